The van der Waals surface area contributed by atoms with E-state index in [2.05, 4.69) is 35.9 Å². The standard InChI is InChI=1S/C10H9BrN4O/c1-2-6-8(11)10(16)15-9(14-6)7-5-12-3-4-13-7/h3-5H,2H2,1H3,(H,14,15,16). The highest BCUT2D eigenvalue weighted by Crippen LogP contribution is 2.14. The van der Waals surface area contributed by atoms with Crippen molar-refractivity contribution < 1.29 is 0 Å². The number of hydrogen-bond acceptors (Lipinski definition) is 4. The fourth-order valence-corrected chi connectivity index (χ4v) is 1.75. The Balaban J connectivity index is 2.60. The molecule has 0 bridgehead atoms. The molecule has 0 atom stereocenters. The van der Waals surface area contributed by atoms with Crippen LogP contribution in [0.15, 0.2) is 27.9 Å². The Morgan fingerprint density at radius 1 is 1.44 bits per heavy atom. The van der Waals surface area contributed by atoms with Crippen molar-refractivity contribution in [2.45, 2.75) is 13.3 Å². The van der Waals surface area contributed by atoms with Gasteiger partial charge < -0.3 is 4.98 Å². The third-order valence-electron chi connectivity index (χ3n) is 2.07. The zero-order valence-electron chi connectivity index (χ0n) is 8.57. The number of aromatic amines is 1. The molecular formula is C10H9BrN4O. The monoisotopic (exact) mass is 280 g/mol. The fourth-order valence-electron chi connectivity index (χ4n) is 1.28. The van der Waals surface area contributed by atoms with Crippen molar-refractivity contribution in [3.63, 3.8) is 0 Å². The number of hydrogen-bond donors (Lipinski definition) is 1. The minimum absolute atomic E-state index is 0.201. The van der Waals surface area contributed by atoms with Gasteiger partial charge in [0, 0.05) is 12.4 Å². The Morgan fingerprint density at radius 2 is 2.25 bits per heavy atom. The summed E-state index contributed by atoms with van der Waals surface area (Å²) in [5, 5.41) is 0. The topological polar surface area (TPSA) is 71.5 Å². The average molecular weight is 281 g/mol. The van der Waals surface area contributed by atoms with Crippen molar-refractivity contribution in [2.75, 3.05) is 0 Å². The van der Waals surface area contributed by atoms with Crippen molar-refractivity contribution in [2.24, 2.45) is 0 Å². The van der Waals surface area contributed by atoms with Crippen LogP contribution in [0.2, 0.25) is 0 Å². The van der Waals surface area contributed by atoms with Gasteiger partial charge in [-0.2, -0.15) is 0 Å². The van der Waals surface area contributed by atoms with Crippen molar-refractivity contribution >= 4 is 15.9 Å². The summed E-state index contributed by atoms with van der Waals surface area (Å²) in [5.41, 5.74) is 1.07. The van der Waals surface area contributed by atoms with E-state index in [1.54, 1.807) is 18.6 Å². The van der Waals surface area contributed by atoms with Crippen LogP contribution in [0.25, 0.3) is 11.5 Å². The molecule has 2 aromatic heterocycles. The van der Waals surface area contributed by atoms with Gasteiger partial charge in [-0.05, 0) is 22.4 Å². The Kier molecular flexibility index (Phi) is 3.09. The highest BCUT2D eigenvalue weighted by molar-refractivity contribution is 9.10. The Morgan fingerprint density at radius 3 is 2.88 bits per heavy atom. The van der Waals surface area contributed by atoms with E-state index in [0.29, 0.717) is 28.1 Å². The summed E-state index contributed by atoms with van der Waals surface area (Å²) in [7, 11) is 0. The third-order valence-corrected chi connectivity index (χ3v) is 2.89. The SMILES string of the molecule is CCc1nc(-c2cnccn2)[nH]c(=O)c1Br. The lowest BCUT2D eigenvalue weighted by Gasteiger charge is -2.03. The van der Waals surface area contributed by atoms with E-state index in [-0.39, 0.29) is 5.56 Å². The van der Waals surface area contributed by atoms with Crippen LogP contribution in [0, 0.1) is 0 Å². The van der Waals surface area contributed by atoms with Crippen LogP contribution < -0.4 is 5.56 Å². The van der Waals surface area contributed by atoms with Gasteiger partial charge in [-0.3, -0.25) is 9.78 Å². The maximum atomic E-state index is 11.6. The van der Waals surface area contributed by atoms with Gasteiger partial charge in [0.25, 0.3) is 5.56 Å². The van der Waals surface area contributed by atoms with Crippen molar-refractivity contribution in [3.8, 4) is 11.5 Å². The predicted molar refractivity (Wildman–Crippen MR) is 63.0 cm³/mol. The molecule has 0 fully saturated rings. The van der Waals surface area contributed by atoms with Crippen LogP contribution >= 0.6 is 15.9 Å². The van der Waals surface area contributed by atoms with E-state index >= 15 is 0 Å². The molecule has 0 saturated heterocycles. The summed E-state index contributed by atoms with van der Waals surface area (Å²) >= 11 is 3.20. The zero-order chi connectivity index (χ0) is 11.5. The summed E-state index contributed by atoms with van der Waals surface area (Å²) in [5.74, 6) is 0.443. The third kappa shape index (κ3) is 2.01. The van der Waals surface area contributed by atoms with Crippen LogP contribution in [0.5, 0.6) is 0 Å². The Hall–Kier alpha value is -1.56. The van der Waals surface area contributed by atoms with E-state index < -0.39 is 0 Å². The molecule has 6 heteroatoms. The van der Waals surface area contributed by atoms with E-state index in [1.807, 2.05) is 6.92 Å². The molecule has 1 N–H and O–H groups in total. The first-order valence-electron chi connectivity index (χ1n) is 4.77. The van der Waals surface area contributed by atoms with Crippen LogP contribution in [0.3, 0.4) is 0 Å². The number of nitrogens with one attached hydrogen (secondary N) is 1. The lowest BCUT2D eigenvalue weighted by molar-refractivity contribution is 0.961. The normalized spacial score (nSPS) is 10.4. The largest absolute Gasteiger partial charge is 0.304 e. The van der Waals surface area contributed by atoms with Gasteiger partial charge in [-0.1, -0.05) is 6.92 Å². The molecule has 0 unspecified atom stereocenters. The quantitative estimate of drug-likeness (QED) is 0.906. The first kappa shape index (κ1) is 10.9. The molecule has 0 saturated carbocycles. The lowest BCUT2D eigenvalue weighted by atomic mass is 10.3. The van der Waals surface area contributed by atoms with Gasteiger partial charge in [0.1, 0.15) is 10.2 Å². The average Bonchev–Trinajstić information content (AvgIpc) is 2.33. The van der Waals surface area contributed by atoms with Crippen LogP contribution in [-0.2, 0) is 6.42 Å². The number of H-pyrrole nitrogens is 1. The van der Waals surface area contributed by atoms with Crippen LogP contribution in [-0.4, -0.2) is 19.9 Å². The molecule has 5 nitrogen and oxygen atoms in total. The zero-order valence-corrected chi connectivity index (χ0v) is 10.2. The van der Waals surface area contributed by atoms with E-state index in [9.17, 15) is 4.79 Å². The molecule has 82 valence electrons. The minimum Gasteiger partial charge on any atom is -0.304 e. The van der Waals surface area contributed by atoms with Gasteiger partial charge in [0.2, 0.25) is 0 Å². The van der Waals surface area contributed by atoms with Gasteiger partial charge in [-0.15, -0.1) is 0 Å². The van der Waals surface area contributed by atoms with E-state index in [0.717, 1.165) is 0 Å². The highest BCUT2D eigenvalue weighted by Gasteiger charge is 2.09. The summed E-state index contributed by atoms with van der Waals surface area (Å²) in [4.78, 5) is 26.6. The molecule has 0 spiro atoms. The molecule has 0 aliphatic heterocycles. The van der Waals surface area contributed by atoms with Crippen molar-refractivity contribution in [1.29, 1.82) is 0 Å². The van der Waals surface area contributed by atoms with Crippen molar-refractivity contribution in [1.82, 2.24) is 19.9 Å². The lowest BCUT2D eigenvalue weighted by Crippen LogP contribution is -2.13. The van der Waals surface area contributed by atoms with Crippen molar-refractivity contribution in [3.05, 3.63) is 39.1 Å². The molecule has 2 heterocycles. The highest BCUT2D eigenvalue weighted by atomic mass is 79.9. The summed E-state index contributed by atoms with van der Waals surface area (Å²) in [6.45, 7) is 1.94. The van der Waals surface area contributed by atoms with Gasteiger partial charge in [0.15, 0.2) is 5.82 Å². The summed E-state index contributed by atoms with van der Waals surface area (Å²) in [6, 6.07) is 0. The Labute approximate surface area is 100 Å². The number of halogens is 1. The van der Waals surface area contributed by atoms with Crippen LogP contribution in [0.1, 0.15) is 12.6 Å². The smallest absolute Gasteiger partial charge is 0.265 e. The molecule has 0 aromatic carbocycles. The second kappa shape index (κ2) is 4.52. The number of aromatic nitrogens is 4. The first-order valence-corrected chi connectivity index (χ1v) is 5.56. The van der Waals surface area contributed by atoms with Gasteiger partial charge in [-0.25, -0.2) is 9.97 Å². The fraction of sp³-hybridized carbons (Fsp3) is 0.200. The number of aryl methyl sites for hydroxylation is 1. The number of rotatable bonds is 2. The maximum absolute atomic E-state index is 11.6. The first-order chi connectivity index (χ1) is 7.72. The molecule has 0 amide bonds. The van der Waals surface area contributed by atoms with Gasteiger partial charge in [0.05, 0.1) is 11.9 Å². The van der Waals surface area contributed by atoms with E-state index in [4.69, 9.17) is 0 Å². The second-order valence-corrected chi connectivity index (χ2v) is 3.91. The summed E-state index contributed by atoms with van der Waals surface area (Å²) in [6.07, 6.45) is 5.37. The maximum Gasteiger partial charge on any atom is 0.265 e. The minimum atomic E-state index is -0.201. The molecule has 0 aliphatic carbocycles. The second-order valence-electron chi connectivity index (χ2n) is 3.12. The molecule has 0 radical (unpaired) electrons. The molecule has 2 aromatic rings. The van der Waals surface area contributed by atoms with Gasteiger partial charge >= 0.3 is 0 Å². The molecular weight excluding hydrogens is 272 g/mol. The summed E-state index contributed by atoms with van der Waals surface area (Å²) < 4.78 is 0.475. The Bertz CT molecular complexity index is 552. The van der Waals surface area contributed by atoms with E-state index in [1.165, 1.54) is 0 Å². The molecule has 16 heavy (non-hydrogen) atoms. The molecule has 0 aliphatic rings. The molecule has 2 rings (SSSR count). The van der Waals surface area contributed by atoms with Crippen LogP contribution in [0.4, 0.5) is 0 Å². The number of nitrogens with zero attached hydrogens (tertiary/aromatic N) is 3. The predicted octanol–water partition coefficient (Wildman–Crippen LogP) is 1.55.